The second-order valence-electron chi connectivity index (χ2n) is 10.0. The first-order valence-corrected chi connectivity index (χ1v) is 12.5. The van der Waals surface area contributed by atoms with Crippen molar-refractivity contribution >= 4 is 22.8 Å². The number of aromatic hydroxyl groups is 1. The van der Waals surface area contributed by atoms with Crippen LogP contribution in [0.15, 0.2) is 42.5 Å². The molecule has 0 bridgehead atoms. The van der Waals surface area contributed by atoms with E-state index in [-0.39, 0.29) is 37.0 Å². The molecule has 1 aromatic heterocycles. The number of rotatable bonds is 9. The third-order valence-corrected chi connectivity index (χ3v) is 7.45. The lowest BCUT2D eigenvalue weighted by molar-refractivity contribution is -0.133. The zero-order valence-electron chi connectivity index (χ0n) is 21.2. The number of carbonyl (C=O) groups is 2. The van der Waals surface area contributed by atoms with Gasteiger partial charge in [0, 0.05) is 36.1 Å². The van der Waals surface area contributed by atoms with Gasteiger partial charge in [-0.1, -0.05) is 12.1 Å². The minimum Gasteiger partial charge on any atom is -0.508 e. The van der Waals surface area contributed by atoms with Crippen LogP contribution >= 0.6 is 0 Å². The predicted octanol–water partition coefficient (Wildman–Crippen LogP) is 3.46. The topological polar surface area (TPSA) is 109 Å². The molecule has 38 heavy (non-hydrogen) atoms. The normalized spacial score (nSPS) is 21.1. The number of aliphatic hydroxyl groups excluding tert-OH is 1. The second kappa shape index (κ2) is 9.88. The van der Waals surface area contributed by atoms with E-state index >= 15 is 0 Å². The van der Waals surface area contributed by atoms with Gasteiger partial charge in [-0.05, 0) is 68.4 Å². The molecule has 5 rings (SSSR count). The molecule has 9 nitrogen and oxygen atoms in total. The van der Waals surface area contributed by atoms with Gasteiger partial charge in [-0.15, -0.1) is 0 Å². The molecule has 1 saturated heterocycles. The van der Waals surface area contributed by atoms with Crippen molar-refractivity contribution in [3.63, 3.8) is 0 Å². The van der Waals surface area contributed by atoms with Gasteiger partial charge in [0.05, 0.1) is 6.61 Å². The number of carbonyl (C=O) groups excluding carboxylic acids is 2. The van der Waals surface area contributed by atoms with E-state index in [1.165, 1.54) is 23.1 Å². The van der Waals surface area contributed by atoms with Crippen LogP contribution in [-0.2, 0) is 11.2 Å². The molecule has 2 atom stereocenters. The number of aromatic nitrogens is 1. The first kappa shape index (κ1) is 25.9. The van der Waals surface area contributed by atoms with E-state index in [0.717, 1.165) is 5.56 Å². The molecule has 2 aliphatic rings. The number of phenolic OH excluding ortho intramolecular Hbond substituents is 1. The lowest BCUT2D eigenvalue weighted by Gasteiger charge is -2.42. The van der Waals surface area contributed by atoms with Crippen molar-refractivity contribution in [3.05, 3.63) is 59.3 Å². The minimum absolute atomic E-state index is 0.00163. The summed E-state index contributed by atoms with van der Waals surface area (Å²) in [6.07, 6.45) is 0.721. The Hall–Kier alpha value is -3.70. The van der Waals surface area contributed by atoms with Crippen molar-refractivity contribution in [2.24, 2.45) is 0 Å². The van der Waals surface area contributed by atoms with Crippen molar-refractivity contribution in [2.45, 2.75) is 38.0 Å². The van der Waals surface area contributed by atoms with E-state index in [4.69, 9.17) is 5.11 Å². The average molecular weight is 529 g/mol. The third-order valence-electron chi connectivity index (χ3n) is 7.45. The highest BCUT2D eigenvalue weighted by atomic mass is 19.3. The van der Waals surface area contributed by atoms with Crippen LogP contribution in [0.2, 0.25) is 0 Å². The molecular formula is C27H30F2N4O5. The van der Waals surface area contributed by atoms with E-state index in [1.54, 1.807) is 36.1 Å². The number of nitrogens with one attached hydrogen (secondary N) is 1. The maximum absolute atomic E-state index is 13.8. The van der Waals surface area contributed by atoms with Gasteiger partial charge in [0.1, 0.15) is 23.1 Å². The molecule has 0 saturated carbocycles. The highest BCUT2D eigenvalue weighted by Gasteiger charge is 2.60. The SMILES string of the molecule is CN(CCO)CCCN1C(=O)N2C(c3cccc(O)c3)c3[nH]c4ccc(OC(F)F)cc4c3CC2(C)C1=O. The molecule has 2 aliphatic heterocycles. The van der Waals surface area contributed by atoms with E-state index in [9.17, 15) is 23.5 Å². The average Bonchev–Trinajstić information content (AvgIpc) is 3.30. The maximum Gasteiger partial charge on any atom is 0.387 e. The van der Waals surface area contributed by atoms with Crippen molar-refractivity contribution in [1.82, 2.24) is 19.7 Å². The molecule has 2 aromatic carbocycles. The van der Waals surface area contributed by atoms with E-state index in [0.29, 0.717) is 41.7 Å². The standard InChI is InChI=1S/C27H30F2N4O5/c1-27-15-20-19-14-18(38-25(28)29)7-8-21(19)30-22(20)23(16-5-3-6-17(35)13-16)33(27)26(37)32(24(27)36)10-4-9-31(2)11-12-34/h3,5-8,13-14,23,25,30,34-35H,4,9-12,15H2,1-2H3. The summed E-state index contributed by atoms with van der Waals surface area (Å²) in [4.78, 5) is 35.7. The summed E-state index contributed by atoms with van der Waals surface area (Å²) < 4.78 is 30.4. The Morgan fingerprint density at radius 1 is 1.21 bits per heavy atom. The van der Waals surface area contributed by atoms with Crippen LogP contribution in [0.1, 0.15) is 36.2 Å². The predicted molar refractivity (Wildman–Crippen MR) is 135 cm³/mol. The highest BCUT2D eigenvalue weighted by molar-refractivity contribution is 6.08. The first-order valence-electron chi connectivity index (χ1n) is 12.5. The number of H-pyrrole nitrogens is 1. The lowest BCUT2D eigenvalue weighted by Crippen LogP contribution is -2.53. The minimum atomic E-state index is -2.98. The van der Waals surface area contributed by atoms with Crippen LogP contribution in [-0.4, -0.2) is 87.3 Å². The summed E-state index contributed by atoms with van der Waals surface area (Å²) in [5.41, 5.74) is 1.43. The molecule has 1 fully saturated rings. The van der Waals surface area contributed by atoms with Crippen molar-refractivity contribution < 1.29 is 33.3 Å². The van der Waals surface area contributed by atoms with Crippen LogP contribution in [0.3, 0.4) is 0 Å². The molecule has 3 heterocycles. The number of halogens is 2. The molecule has 2 unspecified atom stereocenters. The molecule has 3 aromatic rings. The molecule has 0 aliphatic carbocycles. The number of hydrogen-bond donors (Lipinski definition) is 3. The number of benzene rings is 2. The summed E-state index contributed by atoms with van der Waals surface area (Å²) in [7, 11) is 1.86. The Labute approximate surface area is 218 Å². The summed E-state index contributed by atoms with van der Waals surface area (Å²) in [5, 5.41) is 20.0. The number of alkyl halides is 2. The molecule has 202 valence electrons. The number of likely N-dealkylation sites (N-methyl/N-ethyl adjacent to an activating group) is 1. The number of aromatic amines is 1. The zero-order valence-corrected chi connectivity index (χ0v) is 21.2. The Bertz CT molecular complexity index is 1380. The van der Waals surface area contributed by atoms with Crippen LogP contribution in [0.25, 0.3) is 10.9 Å². The van der Waals surface area contributed by atoms with Gasteiger partial charge in [-0.3, -0.25) is 14.6 Å². The molecule has 11 heteroatoms. The van der Waals surface area contributed by atoms with Crippen LogP contribution in [0.5, 0.6) is 11.5 Å². The Morgan fingerprint density at radius 3 is 2.71 bits per heavy atom. The molecule has 3 N–H and O–H groups in total. The fourth-order valence-electron chi connectivity index (χ4n) is 5.69. The summed E-state index contributed by atoms with van der Waals surface area (Å²) in [6, 6.07) is 9.98. The number of hydrogen-bond acceptors (Lipinski definition) is 6. The monoisotopic (exact) mass is 528 g/mol. The van der Waals surface area contributed by atoms with Gasteiger partial charge in [0.2, 0.25) is 0 Å². The van der Waals surface area contributed by atoms with Gasteiger partial charge in [0.25, 0.3) is 5.91 Å². The smallest absolute Gasteiger partial charge is 0.387 e. The van der Waals surface area contributed by atoms with Gasteiger partial charge >= 0.3 is 12.6 Å². The molecule has 0 spiro atoms. The number of aliphatic hydroxyl groups is 1. The van der Waals surface area contributed by atoms with Gasteiger partial charge in [0.15, 0.2) is 0 Å². The quantitative estimate of drug-likeness (QED) is 0.367. The Balaban J connectivity index is 1.58. The van der Waals surface area contributed by atoms with E-state index in [1.807, 2.05) is 11.9 Å². The van der Waals surface area contributed by atoms with Crippen LogP contribution in [0, 0.1) is 0 Å². The Morgan fingerprint density at radius 2 is 2.00 bits per heavy atom. The zero-order chi connectivity index (χ0) is 27.2. The summed E-state index contributed by atoms with van der Waals surface area (Å²) in [6.45, 7) is 0.0701. The maximum atomic E-state index is 13.8. The number of amides is 3. The number of imide groups is 1. The van der Waals surface area contributed by atoms with Gasteiger partial charge < -0.3 is 24.8 Å². The first-order chi connectivity index (χ1) is 18.1. The fourth-order valence-corrected chi connectivity index (χ4v) is 5.69. The van der Waals surface area contributed by atoms with Crippen LogP contribution in [0.4, 0.5) is 13.6 Å². The van der Waals surface area contributed by atoms with Crippen molar-refractivity contribution in [2.75, 3.05) is 33.3 Å². The van der Waals surface area contributed by atoms with Crippen molar-refractivity contribution in [3.8, 4) is 11.5 Å². The van der Waals surface area contributed by atoms with Gasteiger partial charge in [-0.25, -0.2) is 4.79 Å². The Kier molecular flexibility index (Phi) is 6.74. The fraction of sp³-hybridized carbons (Fsp3) is 0.407. The van der Waals surface area contributed by atoms with Gasteiger partial charge in [-0.2, -0.15) is 8.78 Å². The number of ether oxygens (including phenoxy) is 1. The van der Waals surface area contributed by atoms with E-state index < -0.39 is 24.2 Å². The largest absolute Gasteiger partial charge is 0.508 e. The molecule has 0 radical (unpaired) electrons. The van der Waals surface area contributed by atoms with E-state index in [2.05, 4.69) is 9.72 Å². The third kappa shape index (κ3) is 4.35. The highest BCUT2D eigenvalue weighted by Crippen LogP contribution is 2.49. The summed E-state index contributed by atoms with van der Waals surface area (Å²) >= 11 is 0. The number of fused-ring (bicyclic) bond motifs is 4. The second-order valence-corrected chi connectivity index (χ2v) is 10.0. The van der Waals surface area contributed by atoms with Crippen LogP contribution < -0.4 is 4.74 Å². The lowest BCUT2D eigenvalue weighted by atomic mass is 9.81. The summed E-state index contributed by atoms with van der Waals surface area (Å²) in [5.74, 6) is -0.322. The molecular weight excluding hydrogens is 498 g/mol. The van der Waals surface area contributed by atoms with Crippen molar-refractivity contribution in [1.29, 1.82) is 0 Å². The number of nitrogens with zero attached hydrogens (tertiary/aromatic N) is 3. The molecule has 3 amide bonds. The number of phenols is 1. The number of urea groups is 1.